The Balaban J connectivity index is 1.53. The molecule has 114 valence electrons. The Kier molecular flexibility index (Phi) is 3.99. The summed E-state index contributed by atoms with van der Waals surface area (Å²) in [5, 5.41) is 17.6. The number of rotatable bonds is 4. The molecule has 1 aliphatic carbocycles. The van der Waals surface area contributed by atoms with Gasteiger partial charge in [-0.15, -0.1) is 10.2 Å². The smallest absolute Gasteiger partial charge is 0.223 e. The molecule has 1 saturated heterocycles. The van der Waals surface area contributed by atoms with Gasteiger partial charge in [0.15, 0.2) is 11.0 Å². The highest BCUT2D eigenvalue weighted by Crippen LogP contribution is 2.48. The van der Waals surface area contributed by atoms with Gasteiger partial charge in [0.1, 0.15) is 0 Å². The fraction of sp³-hybridized carbons (Fsp3) is 0.643. The number of carbonyl (C=O) groups excluding carboxylic acids is 1. The minimum atomic E-state index is -0.115. The number of amides is 1. The summed E-state index contributed by atoms with van der Waals surface area (Å²) in [6, 6.07) is 3.57. The van der Waals surface area contributed by atoms with Gasteiger partial charge in [-0.25, -0.2) is 0 Å². The molecular formula is C14H19ClN4O2. The predicted molar refractivity (Wildman–Crippen MR) is 79.2 cm³/mol. The predicted octanol–water partition coefficient (Wildman–Crippen LogP) is 0.941. The van der Waals surface area contributed by atoms with Crippen LogP contribution < -0.4 is 4.90 Å². The number of nitrogens with zero attached hydrogens (tertiary/aromatic N) is 4. The van der Waals surface area contributed by atoms with Gasteiger partial charge in [0.2, 0.25) is 5.91 Å². The van der Waals surface area contributed by atoms with E-state index in [4.69, 9.17) is 11.6 Å². The molecule has 7 heteroatoms. The maximum atomic E-state index is 12.3. The molecule has 1 saturated carbocycles. The van der Waals surface area contributed by atoms with Crippen LogP contribution in [0.4, 0.5) is 5.82 Å². The van der Waals surface area contributed by atoms with Crippen molar-refractivity contribution in [3.8, 4) is 0 Å². The number of anilines is 1. The molecule has 2 fully saturated rings. The minimum Gasteiger partial charge on any atom is -0.396 e. The molecule has 2 aliphatic rings. The zero-order chi connectivity index (χ0) is 14.9. The molecule has 1 N–H and O–H groups in total. The molecule has 1 amide bonds. The van der Waals surface area contributed by atoms with Gasteiger partial charge in [-0.3, -0.25) is 4.79 Å². The molecule has 0 atom stereocenters. The number of aliphatic hydroxyl groups excluding tert-OH is 1. The van der Waals surface area contributed by atoms with Crippen molar-refractivity contribution in [1.82, 2.24) is 15.1 Å². The van der Waals surface area contributed by atoms with Crippen molar-refractivity contribution in [3.05, 3.63) is 17.3 Å². The molecule has 0 unspecified atom stereocenters. The zero-order valence-corrected chi connectivity index (χ0v) is 12.6. The molecule has 3 rings (SSSR count). The van der Waals surface area contributed by atoms with Crippen LogP contribution in [0.3, 0.4) is 0 Å². The second-order valence-electron chi connectivity index (χ2n) is 5.92. The number of hydrogen-bond donors (Lipinski definition) is 1. The molecule has 0 bridgehead atoms. The number of piperazine rings is 1. The van der Waals surface area contributed by atoms with Crippen LogP contribution >= 0.6 is 11.6 Å². The maximum Gasteiger partial charge on any atom is 0.223 e. The summed E-state index contributed by atoms with van der Waals surface area (Å²) in [5.74, 6) is 0.948. The Morgan fingerprint density at radius 1 is 1.24 bits per heavy atom. The first-order valence-electron chi connectivity index (χ1n) is 7.25. The Bertz CT molecular complexity index is 510. The molecule has 1 aromatic heterocycles. The summed E-state index contributed by atoms with van der Waals surface area (Å²) in [6.07, 6.45) is 2.41. The normalized spacial score (nSPS) is 20.5. The van der Waals surface area contributed by atoms with Crippen molar-refractivity contribution in [1.29, 1.82) is 0 Å². The Morgan fingerprint density at radius 3 is 2.48 bits per heavy atom. The SMILES string of the molecule is O=C(CC1(CO)CC1)N1CCN(c2ccc(Cl)nn2)CC1. The lowest BCUT2D eigenvalue weighted by molar-refractivity contribution is -0.133. The van der Waals surface area contributed by atoms with Crippen molar-refractivity contribution in [2.45, 2.75) is 19.3 Å². The lowest BCUT2D eigenvalue weighted by atomic mass is 10.0. The van der Waals surface area contributed by atoms with Crippen molar-refractivity contribution >= 4 is 23.3 Å². The first-order chi connectivity index (χ1) is 10.1. The molecular weight excluding hydrogens is 292 g/mol. The van der Waals surface area contributed by atoms with Gasteiger partial charge in [-0.1, -0.05) is 11.6 Å². The molecule has 0 radical (unpaired) electrons. The van der Waals surface area contributed by atoms with Crippen LogP contribution in [0.15, 0.2) is 12.1 Å². The van der Waals surface area contributed by atoms with Crippen LogP contribution in [-0.4, -0.2) is 58.9 Å². The number of carbonyl (C=O) groups is 1. The van der Waals surface area contributed by atoms with Gasteiger partial charge in [0, 0.05) is 44.6 Å². The standard InChI is InChI=1S/C14H19ClN4O2/c15-11-1-2-12(17-16-11)18-5-7-19(8-6-18)13(21)9-14(10-20)3-4-14/h1-2,20H,3-10H2. The highest BCUT2D eigenvalue weighted by molar-refractivity contribution is 6.29. The van der Waals surface area contributed by atoms with E-state index < -0.39 is 0 Å². The van der Waals surface area contributed by atoms with Crippen LogP contribution in [0, 0.1) is 5.41 Å². The van der Waals surface area contributed by atoms with E-state index in [2.05, 4.69) is 15.1 Å². The number of aliphatic hydroxyl groups is 1. The van der Waals surface area contributed by atoms with Gasteiger partial charge in [0.05, 0.1) is 0 Å². The van der Waals surface area contributed by atoms with Gasteiger partial charge in [-0.05, 0) is 25.0 Å². The van der Waals surface area contributed by atoms with E-state index in [9.17, 15) is 9.90 Å². The van der Waals surface area contributed by atoms with Gasteiger partial charge in [0.25, 0.3) is 0 Å². The maximum absolute atomic E-state index is 12.3. The van der Waals surface area contributed by atoms with Crippen molar-refractivity contribution in [3.63, 3.8) is 0 Å². The van der Waals surface area contributed by atoms with Gasteiger partial charge in [-0.2, -0.15) is 0 Å². The number of hydrogen-bond acceptors (Lipinski definition) is 5. The Labute approximate surface area is 128 Å². The van der Waals surface area contributed by atoms with Crippen LogP contribution in [0.2, 0.25) is 5.15 Å². The van der Waals surface area contributed by atoms with Gasteiger partial charge >= 0.3 is 0 Å². The fourth-order valence-electron chi connectivity index (χ4n) is 2.66. The molecule has 2 heterocycles. The molecule has 1 aliphatic heterocycles. The van der Waals surface area contributed by atoms with Crippen LogP contribution in [-0.2, 0) is 4.79 Å². The summed E-state index contributed by atoms with van der Waals surface area (Å²) in [6.45, 7) is 2.98. The van der Waals surface area contributed by atoms with Crippen molar-refractivity contribution in [2.24, 2.45) is 5.41 Å². The van der Waals surface area contributed by atoms with E-state index in [-0.39, 0.29) is 17.9 Å². The average Bonchev–Trinajstić information content (AvgIpc) is 3.28. The van der Waals surface area contributed by atoms with Crippen LogP contribution in [0.5, 0.6) is 0 Å². The molecule has 6 nitrogen and oxygen atoms in total. The number of aromatic nitrogens is 2. The third-order valence-electron chi connectivity index (χ3n) is 4.39. The Hall–Kier alpha value is -1.40. The second kappa shape index (κ2) is 5.77. The van der Waals surface area contributed by atoms with Crippen LogP contribution in [0.1, 0.15) is 19.3 Å². The van der Waals surface area contributed by atoms with E-state index in [0.29, 0.717) is 24.7 Å². The molecule has 21 heavy (non-hydrogen) atoms. The highest BCUT2D eigenvalue weighted by atomic mass is 35.5. The van der Waals surface area contributed by atoms with Crippen molar-refractivity contribution < 1.29 is 9.90 Å². The van der Waals surface area contributed by atoms with Gasteiger partial charge < -0.3 is 14.9 Å². The summed E-state index contributed by atoms with van der Waals surface area (Å²) < 4.78 is 0. The third kappa shape index (κ3) is 3.27. The summed E-state index contributed by atoms with van der Waals surface area (Å²) >= 11 is 5.73. The zero-order valence-electron chi connectivity index (χ0n) is 11.8. The summed E-state index contributed by atoms with van der Waals surface area (Å²) in [5.41, 5.74) is -0.115. The molecule has 0 spiro atoms. The first-order valence-corrected chi connectivity index (χ1v) is 7.63. The van der Waals surface area contributed by atoms with Crippen molar-refractivity contribution in [2.75, 3.05) is 37.7 Å². The summed E-state index contributed by atoms with van der Waals surface area (Å²) in [7, 11) is 0. The monoisotopic (exact) mass is 310 g/mol. The second-order valence-corrected chi connectivity index (χ2v) is 6.30. The molecule has 1 aromatic rings. The van der Waals surface area contributed by atoms with E-state index in [1.807, 2.05) is 11.0 Å². The first kappa shape index (κ1) is 14.5. The van der Waals surface area contributed by atoms with E-state index in [1.165, 1.54) is 0 Å². The topological polar surface area (TPSA) is 69.6 Å². The van der Waals surface area contributed by atoms with Crippen LogP contribution in [0.25, 0.3) is 0 Å². The quantitative estimate of drug-likeness (QED) is 0.896. The average molecular weight is 311 g/mol. The lowest BCUT2D eigenvalue weighted by Crippen LogP contribution is -2.49. The van der Waals surface area contributed by atoms with E-state index >= 15 is 0 Å². The fourth-order valence-corrected chi connectivity index (χ4v) is 2.76. The lowest BCUT2D eigenvalue weighted by Gasteiger charge is -2.35. The largest absolute Gasteiger partial charge is 0.396 e. The number of halogens is 1. The third-order valence-corrected chi connectivity index (χ3v) is 4.59. The Morgan fingerprint density at radius 2 is 1.95 bits per heavy atom. The summed E-state index contributed by atoms with van der Waals surface area (Å²) in [4.78, 5) is 16.2. The van der Waals surface area contributed by atoms with E-state index in [1.54, 1.807) is 6.07 Å². The molecule has 0 aromatic carbocycles. The highest BCUT2D eigenvalue weighted by Gasteiger charge is 2.44. The minimum absolute atomic E-state index is 0.115. The van der Waals surface area contributed by atoms with E-state index in [0.717, 1.165) is 31.7 Å².